The van der Waals surface area contributed by atoms with Crippen molar-refractivity contribution < 1.29 is 4.74 Å². The second-order valence-electron chi connectivity index (χ2n) is 9.02. The molecule has 0 unspecified atom stereocenters. The average molecular weight is 441 g/mol. The van der Waals surface area contributed by atoms with E-state index in [-0.39, 0.29) is 5.60 Å². The lowest BCUT2D eigenvalue weighted by Gasteiger charge is -2.47. The van der Waals surface area contributed by atoms with Crippen LogP contribution >= 0.6 is 11.3 Å². The molecule has 0 bridgehead atoms. The monoisotopic (exact) mass is 440 g/mol. The van der Waals surface area contributed by atoms with E-state index in [9.17, 15) is 0 Å². The lowest BCUT2D eigenvalue weighted by Crippen LogP contribution is -2.50. The third-order valence-electron chi connectivity index (χ3n) is 6.76. The molecule has 3 aromatic rings. The lowest BCUT2D eigenvalue weighted by molar-refractivity contribution is -0.112. The number of hydrogen-bond acceptors (Lipinski definition) is 6. The number of aryl methyl sites for hydroxylation is 4. The third-order valence-corrected chi connectivity index (χ3v) is 8.10. The molecule has 7 nitrogen and oxygen atoms in total. The summed E-state index contributed by atoms with van der Waals surface area (Å²) in [4.78, 5) is 9.97. The summed E-state index contributed by atoms with van der Waals surface area (Å²) in [5, 5.41) is 8.77. The molecular formula is C23H32N6OS. The minimum atomic E-state index is -0.0896. The van der Waals surface area contributed by atoms with Gasteiger partial charge in [0.25, 0.3) is 0 Å². The van der Waals surface area contributed by atoms with Crippen molar-refractivity contribution in [2.24, 2.45) is 7.05 Å². The van der Waals surface area contributed by atoms with E-state index in [4.69, 9.17) is 4.74 Å². The van der Waals surface area contributed by atoms with Gasteiger partial charge in [0.15, 0.2) is 0 Å². The quantitative estimate of drug-likeness (QED) is 0.588. The molecule has 0 amide bonds. The molecule has 0 N–H and O–H groups in total. The number of rotatable bonds is 6. The van der Waals surface area contributed by atoms with Crippen molar-refractivity contribution in [3.63, 3.8) is 0 Å². The first-order chi connectivity index (χ1) is 15.0. The van der Waals surface area contributed by atoms with Crippen molar-refractivity contribution in [2.45, 2.75) is 70.7 Å². The summed E-state index contributed by atoms with van der Waals surface area (Å²) >= 11 is 1.99. The molecule has 8 heteroatoms. The zero-order valence-electron chi connectivity index (χ0n) is 18.8. The Morgan fingerprint density at radius 1 is 1.29 bits per heavy atom. The molecule has 1 saturated heterocycles. The van der Waals surface area contributed by atoms with Gasteiger partial charge in [-0.3, -0.25) is 9.58 Å². The lowest BCUT2D eigenvalue weighted by atomic mass is 9.79. The minimum Gasteiger partial charge on any atom is -0.370 e. The number of ether oxygens (including phenoxy) is 1. The second-order valence-corrected chi connectivity index (χ2v) is 10.2. The molecule has 166 valence electrons. The molecule has 5 heterocycles. The molecule has 0 aromatic carbocycles. The van der Waals surface area contributed by atoms with Crippen LogP contribution in [-0.4, -0.2) is 48.6 Å². The molecule has 2 aliphatic rings. The van der Waals surface area contributed by atoms with Crippen molar-refractivity contribution in [1.82, 2.24) is 29.4 Å². The number of aromatic nitrogens is 5. The van der Waals surface area contributed by atoms with E-state index in [0.29, 0.717) is 6.04 Å². The molecule has 3 aromatic heterocycles. The van der Waals surface area contributed by atoms with Crippen LogP contribution in [0.5, 0.6) is 0 Å². The van der Waals surface area contributed by atoms with Gasteiger partial charge < -0.3 is 9.30 Å². The number of hydrogen-bond donors (Lipinski definition) is 0. The fourth-order valence-corrected chi connectivity index (χ4v) is 6.24. The van der Waals surface area contributed by atoms with Crippen LogP contribution < -0.4 is 0 Å². The van der Waals surface area contributed by atoms with E-state index in [0.717, 1.165) is 69.7 Å². The number of piperidine rings is 1. The summed E-state index contributed by atoms with van der Waals surface area (Å²) in [5.74, 6) is 0. The number of nitrogens with zero attached hydrogens (tertiary/aromatic N) is 6. The summed E-state index contributed by atoms with van der Waals surface area (Å²) in [6.45, 7) is 8.11. The van der Waals surface area contributed by atoms with E-state index in [1.807, 2.05) is 34.0 Å². The van der Waals surface area contributed by atoms with Crippen LogP contribution in [0.3, 0.4) is 0 Å². The molecule has 0 saturated carbocycles. The normalized spacial score (nSPS) is 24.0. The highest BCUT2D eigenvalue weighted by Crippen LogP contribution is 2.46. The first-order valence-electron chi connectivity index (χ1n) is 11.4. The fourth-order valence-electron chi connectivity index (χ4n) is 5.06. The zero-order valence-corrected chi connectivity index (χ0v) is 19.6. The molecule has 5 rings (SSSR count). The first kappa shape index (κ1) is 20.8. The van der Waals surface area contributed by atoms with Gasteiger partial charge >= 0.3 is 0 Å². The summed E-state index contributed by atoms with van der Waals surface area (Å²) in [6.07, 6.45) is 11.1. The maximum Gasteiger partial charge on any atom is 0.0969 e. The average Bonchev–Trinajstić information content (AvgIpc) is 3.49. The van der Waals surface area contributed by atoms with Crippen molar-refractivity contribution in [1.29, 1.82) is 0 Å². The summed E-state index contributed by atoms with van der Waals surface area (Å²) in [7, 11) is 1.99. The Balaban J connectivity index is 1.21. The van der Waals surface area contributed by atoms with E-state index in [1.165, 1.54) is 10.4 Å². The van der Waals surface area contributed by atoms with Crippen LogP contribution in [0.25, 0.3) is 0 Å². The Bertz CT molecular complexity index is 1040. The molecule has 31 heavy (non-hydrogen) atoms. The zero-order chi connectivity index (χ0) is 21.4. The number of thiophene rings is 1. The Hall–Kier alpha value is -2.03. The maximum atomic E-state index is 6.48. The van der Waals surface area contributed by atoms with E-state index < -0.39 is 0 Å². The maximum absolute atomic E-state index is 6.48. The highest BCUT2D eigenvalue weighted by molar-refractivity contribution is 7.12. The van der Waals surface area contributed by atoms with Crippen molar-refractivity contribution in [2.75, 3.05) is 13.2 Å². The Morgan fingerprint density at radius 3 is 2.97 bits per heavy atom. The predicted octanol–water partition coefficient (Wildman–Crippen LogP) is 3.33. The largest absolute Gasteiger partial charge is 0.370 e. The van der Waals surface area contributed by atoms with Gasteiger partial charge in [0.2, 0.25) is 0 Å². The Kier molecular flexibility index (Phi) is 5.71. The molecule has 1 spiro atoms. The van der Waals surface area contributed by atoms with Crippen LogP contribution in [0, 0.1) is 0 Å². The predicted molar refractivity (Wildman–Crippen MR) is 121 cm³/mol. The third kappa shape index (κ3) is 4.21. The number of imidazole rings is 1. The summed E-state index contributed by atoms with van der Waals surface area (Å²) < 4.78 is 10.4. The second kappa shape index (κ2) is 8.48. The summed E-state index contributed by atoms with van der Waals surface area (Å²) in [5.41, 5.74) is 3.51. The Morgan fingerprint density at radius 2 is 2.19 bits per heavy atom. The Labute approximate surface area is 188 Å². The van der Waals surface area contributed by atoms with Gasteiger partial charge in [-0.05, 0) is 37.8 Å². The molecule has 1 fully saturated rings. The molecular weight excluding hydrogens is 408 g/mol. The van der Waals surface area contributed by atoms with Crippen LogP contribution in [-0.2, 0) is 49.7 Å². The number of fused-ring (bicyclic) bond motifs is 2. The van der Waals surface area contributed by atoms with E-state index in [1.54, 1.807) is 4.88 Å². The van der Waals surface area contributed by atoms with Gasteiger partial charge in [0.05, 0.1) is 29.9 Å². The molecule has 2 aliphatic heterocycles. The van der Waals surface area contributed by atoms with Crippen molar-refractivity contribution in [3.05, 3.63) is 51.5 Å². The van der Waals surface area contributed by atoms with Crippen LogP contribution in [0.2, 0.25) is 0 Å². The van der Waals surface area contributed by atoms with Gasteiger partial charge in [-0.15, -0.1) is 16.4 Å². The van der Waals surface area contributed by atoms with Gasteiger partial charge in [-0.25, -0.2) is 4.98 Å². The fraction of sp³-hybridized carbons (Fsp3) is 0.609. The van der Waals surface area contributed by atoms with Crippen LogP contribution in [0.1, 0.15) is 53.4 Å². The minimum absolute atomic E-state index is 0.0896. The van der Waals surface area contributed by atoms with Crippen LogP contribution in [0.4, 0.5) is 0 Å². The van der Waals surface area contributed by atoms with Crippen molar-refractivity contribution >= 4 is 11.3 Å². The van der Waals surface area contributed by atoms with Gasteiger partial charge in [0, 0.05) is 67.7 Å². The van der Waals surface area contributed by atoms with E-state index >= 15 is 0 Å². The summed E-state index contributed by atoms with van der Waals surface area (Å²) in [6, 6.07) is 2.87. The topological polar surface area (TPSA) is 61.0 Å². The molecule has 0 radical (unpaired) electrons. The van der Waals surface area contributed by atoms with Crippen molar-refractivity contribution in [3.8, 4) is 0 Å². The van der Waals surface area contributed by atoms with E-state index in [2.05, 4.69) is 52.5 Å². The highest BCUT2D eigenvalue weighted by atomic mass is 32.1. The smallest absolute Gasteiger partial charge is 0.0969 e. The number of likely N-dealkylation sites (tertiary alicyclic amines) is 1. The standard InChI is InChI=1S/C23H32N6OS/c1-4-20-11-21-22(31-20)6-10-30-23(21)7-9-28(17(2)12-23)14-19-15-29(26-25-19)8-5-18-13-27(3)16-24-18/h11,13,15-17H,4-10,12,14H2,1-3H3/t17-,23+/m0/s1. The van der Waals surface area contributed by atoms with Gasteiger partial charge in [-0.2, -0.15) is 0 Å². The first-order valence-corrected chi connectivity index (χ1v) is 12.2. The van der Waals surface area contributed by atoms with Crippen LogP contribution in [0.15, 0.2) is 24.8 Å². The molecule has 0 aliphatic carbocycles. The highest BCUT2D eigenvalue weighted by Gasteiger charge is 2.44. The molecule has 2 atom stereocenters. The SMILES string of the molecule is CCc1cc2c(s1)CCO[C@@]21CCN(Cc2cn(CCc3cn(C)cn3)nn2)[C@@H](C)C1. The van der Waals surface area contributed by atoms with Gasteiger partial charge in [-0.1, -0.05) is 12.1 Å². The van der Waals surface area contributed by atoms with Gasteiger partial charge in [0.1, 0.15) is 0 Å².